The average Bonchev–Trinajstić information content (AvgIpc) is 3.37. The topological polar surface area (TPSA) is 68.4 Å². The maximum Gasteiger partial charge on any atom is 0.245 e. The van der Waals surface area contributed by atoms with E-state index in [1.54, 1.807) is 0 Å². The van der Waals surface area contributed by atoms with E-state index in [2.05, 4.69) is 21.3 Å². The number of aromatic amines is 1. The Morgan fingerprint density at radius 3 is 2.57 bits per heavy atom. The molecule has 1 unspecified atom stereocenters. The van der Waals surface area contributed by atoms with Crippen molar-refractivity contribution in [2.45, 2.75) is 51.1 Å². The molecule has 1 aromatic heterocycles. The highest BCUT2D eigenvalue weighted by atomic mass is 16.2. The average molecular weight is 383 g/mol. The molecule has 150 valence electrons. The molecule has 2 fully saturated rings. The van der Waals surface area contributed by atoms with Crippen molar-refractivity contribution in [1.29, 1.82) is 0 Å². The number of likely N-dealkylation sites (tertiary alicyclic amines) is 2. The predicted octanol–water partition coefficient (Wildman–Crippen LogP) is 2.30. The van der Waals surface area contributed by atoms with Crippen LogP contribution in [0.5, 0.6) is 0 Å². The fourth-order valence-corrected chi connectivity index (χ4v) is 4.74. The van der Waals surface area contributed by atoms with Crippen molar-refractivity contribution in [3.8, 4) is 0 Å². The fraction of sp³-hybridized carbons (Fsp3) is 0.545. The van der Waals surface area contributed by atoms with Gasteiger partial charge in [0, 0.05) is 49.6 Å². The van der Waals surface area contributed by atoms with Crippen LogP contribution in [0, 0.1) is 0 Å². The molecule has 2 N–H and O–H groups in total. The van der Waals surface area contributed by atoms with Gasteiger partial charge in [-0.25, -0.2) is 0 Å². The van der Waals surface area contributed by atoms with Crippen LogP contribution in [-0.4, -0.2) is 64.9 Å². The van der Waals surface area contributed by atoms with Gasteiger partial charge in [-0.3, -0.25) is 9.59 Å². The Morgan fingerprint density at radius 2 is 1.86 bits per heavy atom. The molecule has 2 saturated heterocycles. The minimum atomic E-state index is -0.514. The lowest BCUT2D eigenvalue weighted by atomic mass is 10.00. The number of amides is 2. The summed E-state index contributed by atoms with van der Waals surface area (Å²) in [4.78, 5) is 32.8. The number of carbonyl (C=O) groups is 2. The number of para-hydroxylation sites is 1. The van der Waals surface area contributed by atoms with Crippen molar-refractivity contribution in [3.05, 3.63) is 36.0 Å². The largest absolute Gasteiger partial charge is 0.361 e. The van der Waals surface area contributed by atoms with Crippen molar-refractivity contribution < 1.29 is 9.59 Å². The fourth-order valence-electron chi connectivity index (χ4n) is 4.74. The third kappa shape index (κ3) is 4.07. The Hall–Kier alpha value is -2.34. The van der Waals surface area contributed by atoms with Gasteiger partial charge in [-0.15, -0.1) is 0 Å². The Kier molecular flexibility index (Phi) is 5.67. The quantitative estimate of drug-likeness (QED) is 0.834. The van der Waals surface area contributed by atoms with Crippen molar-refractivity contribution >= 4 is 22.7 Å². The molecule has 0 radical (unpaired) electrons. The second-order valence-corrected chi connectivity index (χ2v) is 8.12. The van der Waals surface area contributed by atoms with Crippen LogP contribution in [0.25, 0.3) is 10.9 Å². The third-order valence-electron chi connectivity index (χ3n) is 6.21. The second kappa shape index (κ2) is 8.35. The van der Waals surface area contributed by atoms with Crippen LogP contribution in [-0.2, 0) is 16.0 Å². The zero-order chi connectivity index (χ0) is 19.5. The van der Waals surface area contributed by atoms with E-state index in [1.807, 2.05) is 29.3 Å². The van der Waals surface area contributed by atoms with Crippen LogP contribution in [0.2, 0.25) is 0 Å². The van der Waals surface area contributed by atoms with Gasteiger partial charge >= 0.3 is 0 Å². The van der Waals surface area contributed by atoms with Crippen LogP contribution in [0.3, 0.4) is 0 Å². The molecule has 2 aliphatic heterocycles. The smallest absolute Gasteiger partial charge is 0.245 e. The first kappa shape index (κ1) is 19.0. The summed E-state index contributed by atoms with van der Waals surface area (Å²) in [5.41, 5.74) is 2.12. The number of aromatic nitrogens is 1. The number of carbonyl (C=O) groups excluding carboxylic acids is 2. The Morgan fingerprint density at radius 1 is 1.14 bits per heavy atom. The van der Waals surface area contributed by atoms with E-state index >= 15 is 0 Å². The molecule has 0 aliphatic carbocycles. The SMILES string of the molecule is CC(=O)NC(Cc1c[nH]c2ccccc12)C(=O)N1CCC(N2CCCC2)CC1. The number of hydrogen-bond donors (Lipinski definition) is 2. The highest BCUT2D eigenvalue weighted by Crippen LogP contribution is 2.23. The third-order valence-corrected chi connectivity index (χ3v) is 6.21. The van der Waals surface area contributed by atoms with Gasteiger partial charge in [0.15, 0.2) is 0 Å². The number of piperidine rings is 1. The van der Waals surface area contributed by atoms with Crippen LogP contribution < -0.4 is 5.32 Å². The normalized spacial score (nSPS) is 19.8. The van der Waals surface area contributed by atoms with Crippen LogP contribution >= 0.6 is 0 Å². The Balaban J connectivity index is 1.43. The summed E-state index contributed by atoms with van der Waals surface area (Å²) in [7, 11) is 0. The number of fused-ring (bicyclic) bond motifs is 1. The summed E-state index contributed by atoms with van der Waals surface area (Å²) in [5.74, 6) is -0.120. The zero-order valence-corrected chi connectivity index (χ0v) is 16.6. The minimum absolute atomic E-state index is 0.0420. The molecule has 0 bridgehead atoms. The van der Waals surface area contributed by atoms with E-state index in [0.29, 0.717) is 12.5 Å². The lowest BCUT2D eigenvalue weighted by Gasteiger charge is -2.38. The number of nitrogens with zero attached hydrogens (tertiary/aromatic N) is 2. The van der Waals surface area contributed by atoms with Crippen molar-refractivity contribution in [2.75, 3.05) is 26.2 Å². The summed E-state index contributed by atoms with van der Waals surface area (Å²) in [6, 6.07) is 8.16. The first-order chi connectivity index (χ1) is 13.6. The van der Waals surface area contributed by atoms with Gasteiger partial charge in [0.2, 0.25) is 11.8 Å². The molecular formula is C22H30N4O2. The van der Waals surface area contributed by atoms with E-state index in [0.717, 1.165) is 42.4 Å². The van der Waals surface area contributed by atoms with E-state index in [1.165, 1.54) is 32.9 Å². The molecular weight excluding hydrogens is 352 g/mol. The van der Waals surface area contributed by atoms with E-state index in [-0.39, 0.29) is 11.8 Å². The molecule has 2 aliphatic rings. The molecule has 0 spiro atoms. The number of benzene rings is 1. The van der Waals surface area contributed by atoms with Crippen molar-refractivity contribution in [1.82, 2.24) is 20.1 Å². The molecule has 2 amide bonds. The molecule has 28 heavy (non-hydrogen) atoms. The lowest BCUT2D eigenvalue weighted by molar-refractivity contribution is -0.137. The van der Waals surface area contributed by atoms with Crippen molar-refractivity contribution in [3.63, 3.8) is 0 Å². The first-order valence-electron chi connectivity index (χ1n) is 10.5. The molecule has 1 aromatic carbocycles. The van der Waals surface area contributed by atoms with Crippen LogP contribution in [0.1, 0.15) is 38.2 Å². The molecule has 0 saturated carbocycles. The summed E-state index contributed by atoms with van der Waals surface area (Å²) in [5, 5.41) is 4.00. The molecule has 2 aromatic rings. The number of rotatable bonds is 5. The number of hydrogen-bond acceptors (Lipinski definition) is 3. The van der Waals surface area contributed by atoms with E-state index in [9.17, 15) is 9.59 Å². The van der Waals surface area contributed by atoms with Gasteiger partial charge in [0.25, 0.3) is 0 Å². The highest BCUT2D eigenvalue weighted by molar-refractivity contribution is 5.89. The standard InChI is InChI=1S/C22H30N4O2/c1-16(27)24-21(14-17-15-23-20-7-3-2-6-19(17)20)22(28)26-12-8-18(9-13-26)25-10-4-5-11-25/h2-3,6-7,15,18,21,23H,4-5,8-14H2,1H3,(H,24,27). The van der Waals surface area contributed by atoms with Gasteiger partial charge in [-0.2, -0.15) is 0 Å². The van der Waals surface area contributed by atoms with Gasteiger partial charge in [-0.05, 0) is 50.4 Å². The van der Waals surface area contributed by atoms with Gasteiger partial charge in [0.05, 0.1) is 0 Å². The molecule has 3 heterocycles. The van der Waals surface area contributed by atoms with Crippen molar-refractivity contribution in [2.24, 2.45) is 0 Å². The van der Waals surface area contributed by atoms with Gasteiger partial charge in [-0.1, -0.05) is 18.2 Å². The molecule has 6 heteroatoms. The Bertz CT molecular complexity index is 832. The molecule has 6 nitrogen and oxygen atoms in total. The number of nitrogens with one attached hydrogen (secondary N) is 2. The summed E-state index contributed by atoms with van der Waals surface area (Å²) >= 11 is 0. The van der Waals surface area contributed by atoms with Crippen LogP contribution in [0.15, 0.2) is 30.5 Å². The summed E-state index contributed by atoms with van der Waals surface area (Å²) < 4.78 is 0. The first-order valence-corrected chi connectivity index (χ1v) is 10.5. The number of H-pyrrole nitrogens is 1. The van der Waals surface area contributed by atoms with Crippen LogP contribution in [0.4, 0.5) is 0 Å². The van der Waals surface area contributed by atoms with E-state index < -0.39 is 6.04 Å². The monoisotopic (exact) mass is 382 g/mol. The van der Waals surface area contributed by atoms with Gasteiger partial charge < -0.3 is 20.1 Å². The molecule has 1 atom stereocenters. The highest BCUT2D eigenvalue weighted by Gasteiger charge is 2.32. The zero-order valence-electron chi connectivity index (χ0n) is 16.6. The predicted molar refractivity (Wildman–Crippen MR) is 110 cm³/mol. The van der Waals surface area contributed by atoms with E-state index in [4.69, 9.17) is 0 Å². The molecule has 4 rings (SSSR count). The summed E-state index contributed by atoms with van der Waals surface area (Å²) in [6.45, 7) is 5.45. The summed E-state index contributed by atoms with van der Waals surface area (Å²) in [6.07, 6.45) is 7.13. The Labute approximate surface area is 166 Å². The minimum Gasteiger partial charge on any atom is -0.361 e. The maximum atomic E-state index is 13.2. The van der Waals surface area contributed by atoms with Gasteiger partial charge in [0.1, 0.15) is 6.04 Å². The second-order valence-electron chi connectivity index (χ2n) is 8.12. The lowest BCUT2D eigenvalue weighted by Crippen LogP contribution is -2.53. The maximum absolute atomic E-state index is 13.2.